The van der Waals surface area contributed by atoms with Gasteiger partial charge in [-0.15, -0.1) is 0 Å². The van der Waals surface area contributed by atoms with Gasteiger partial charge in [0.05, 0.1) is 10.4 Å². The van der Waals surface area contributed by atoms with Crippen LogP contribution in [0.15, 0.2) is 65.6 Å². The van der Waals surface area contributed by atoms with E-state index in [1.165, 1.54) is 0 Å². The van der Waals surface area contributed by atoms with Crippen LogP contribution in [0.3, 0.4) is 0 Å². The molecule has 2 heterocycles. The van der Waals surface area contributed by atoms with Crippen LogP contribution < -0.4 is 4.72 Å². The molecule has 0 saturated carbocycles. The number of likely N-dealkylation sites (tertiary alicyclic amines) is 1. The first kappa shape index (κ1) is 19.8. The van der Waals surface area contributed by atoms with Gasteiger partial charge >= 0.3 is 0 Å². The van der Waals surface area contributed by atoms with E-state index in [1.54, 1.807) is 53.4 Å². The first-order valence-corrected chi connectivity index (χ1v) is 11.2. The van der Waals surface area contributed by atoms with Crippen molar-refractivity contribution in [2.24, 2.45) is 0 Å². The van der Waals surface area contributed by atoms with Crippen molar-refractivity contribution >= 4 is 38.4 Å². The van der Waals surface area contributed by atoms with Gasteiger partial charge in [-0.25, -0.2) is 18.1 Å². The Balaban J connectivity index is 1.40. The Labute approximate surface area is 174 Å². The zero-order chi connectivity index (χ0) is 20.4. The average Bonchev–Trinajstić information content (AvgIpc) is 2.74. The van der Waals surface area contributed by atoms with E-state index in [2.05, 4.69) is 9.71 Å². The largest absolute Gasteiger partial charge is 0.339 e. The van der Waals surface area contributed by atoms with Crippen LogP contribution in [-0.2, 0) is 10.0 Å². The zero-order valence-electron chi connectivity index (χ0n) is 15.6. The van der Waals surface area contributed by atoms with Crippen molar-refractivity contribution in [3.63, 3.8) is 0 Å². The van der Waals surface area contributed by atoms with E-state index in [9.17, 15) is 13.2 Å². The van der Waals surface area contributed by atoms with Crippen molar-refractivity contribution in [2.45, 2.75) is 23.8 Å². The van der Waals surface area contributed by atoms with Crippen LogP contribution in [0.2, 0.25) is 5.15 Å². The number of fused-ring (bicyclic) bond motifs is 1. The smallest absolute Gasteiger partial charge is 0.253 e. The molecule has 1 aliphatic rings. The van der Waals surface area contributed by atoms with Gasteiger partial charge in [-0.2, -0.15) is 0 Å². The molecule has 0 unspecified atom stereocenters. The van der Waals surface area contributed by atoms with Crippen LogP contribution in [0, 0.1) is 0 Å². The lowest BCUT2D eigenvalue weighted by atomic mass is 10.0. The minimum Gasteiger partial charge on any atom is -0.339 e. The molecule has 0 radical (unpaired) electrons. The number of sulfonamides is 1. The number of carbonyl (C=O) groups is 1. The molecule has 1 N–H and O–H groups in total. The van der Waals surface area contributed by atoms with Crippen molar-refractivity contribution in [3.8, 4) is 0 Å². The molecule has 3 aromatic rings. The Bertz CT molecular complexity index is 1140. The van der Waals surface area contributed by atoms with E-state index in [1.807, 2.05) is 12.1 Å². The lowest BCUT2D eigenvalue weighted by Crippen LogP contribution is -2.46. The Kier molecular flexibility index (Phi) is 5.54. The number of pyridine rings is 1. The molecule has 0 spiro atoms. The molecule has 150 valence electrons. The molecule has 6 nitrogen and oxygen atoms in total. The number of nitrogens with zero attached hydrogens (tertiary/aromatic N) is 2. The van der Waals surface area contributed by atoms with E-state index in [0.29, 0.717) is 36.6 Å². The summed E-state index contributed by atoms with van der Waals surface area (Å²) in [6.07, 6.45) is 1.14. The molecule has 1 aromatic heterocycles. The van der Waals surface area contributed by atoms with Gasteiger partial charge in [0.25, 0.3) is 5.91 Å². The third kappa shape index (κ3) is 4.42. The average molecular weight is 430 g/mol. The van der Waals surface area contributed by atoms with Crippen LogP contribution in [0.1, 0.15) is 23.2 Å². The summed E-state index contributed by atoms with van der Waals surface area (Å²) in [7, 11) is -3.55. The van der Waals surface area contributed by atoms with Crippen molar-refractivity contribution in [1.29, 1.82) is 0 Å². The number of halogens is 1. The summed E-state index contributed by atoms with van der Waals surface area (Å²) >= 11 is 5.91. The van der Waals surface area contributed by atoms with Gasteiger partial charge in [0.1, 0.15) is 5.15 Å². The van der Waals surface area contributed by atoms with Crippen LogP contribution >= 0.6 is 11.6 Å². The maximum Gasteiger partial charge on any atom is 0.253 e. The second-order valence-corrected chi connectivity index (χ2v) is 9.14. The lowest BCUT2D eigenvalue weighted by molar-refractivity contribution is 0.0711. The predicted octanol–water partition coefficient (Wildman–Crippen LogP) is 3.47. The fourth-order valence-corrected chi connectivity index (χ4v) is 4.98. The number of amides is 1. The summed E-state index contributed by atoms with van der Waals surface area (Å²) in [6.45, 7) is 0.995. The molecule has 29 heavy (non-hydrogen) atoms. The lowest BCUT2D eigenvalue weighted by Gasteiger charge is -2.32. The van der Waals surface area contributed by atoms with Crippen LogP contribution in [0.5, 0.6) is 0 Å². The SMILES string of the molecule is O=C(c1ccc2nc(Cl)ccc2c1)N1CCC(NS(=O)(=O)c2ccccc2)CC1. The zero-order valence-corrected chi connectivity index (χ0v) is 17.2. The number of hydrogen-bond acceptors (Lipinski definition) is 4. The van der Waals surface area contributed by atoms with E-state index in [-0.39, 0.29) is 16.8 Å². The summed E-state index contributed by atoms with van der Waals surface area (Å²) in [5, 5.41) is 1.27. The number of piperidine rings is 1. The highest BCUT2D eigenvalue weighted by Crippen LogP contribution is 2.20. The first-order chi connectivity index (χ1) is 13.9. The number of benzene rings is 2. The van der Waals surface area contributed by atoms with Crippen LogP contribution in [-0.4, -0.2) is 43.3 Å². The number of carbonyl (C=O) groups excluding carboxylic acids is 1. The third-order valence-corrected chi connectivity index (χ3v) is 6.81. The Morgan fingerprint density at radius 1 is 1.03 bits per heavy atom. The summed E-state index contributed by atoms with van der Waals surface area (Å²) in [4.78, 5) is 19.1. The predicted molar refractivity (Wildman–Crippen MR) is 112 cm³/mol. The molecular formula is C21H20ClN3O3S. The maximum absolute atomic E-state index is 12.9. The Hall–Kier alpha value is -2.48. The molecule has 8 heteroatoms. The highest BCUT2D eigenvalue weighted by molar-refractivity contribution is 7.89. The van der Waals surface area contributed by atoms with Gasteiger partial charge in [0.2, 0.25) is 10.0 Å². The summed E-state index contributed by atoms with van der Waals surface area (Å²) in [6, 6.07) is 17.0. The van der Waals surface area contributed by atoms with E-state index >= 15 is 0 Å². The van der Waals surface area contributed by atoms with Crippen molar-refractivity contribution in [2.75, 3.05) is 13.1 Å². The molecule has 1 aliphatic heterocycles. The standard InChI is InChI=1S/C21H20ClN3O3S/c22-20-9-7-15-14-16(6-8-19(15)23-20)21(26)25-12-10-17(11-13-25)24-29(27,28)18-4-2-1-3-5-18/h1-9,14,17,24H,10-13H2. The van der Waals surface area contributed by atoms with Gasteiger partial charge in [0, 0.05) is 30.1 Å². The van der Waals surface area contributed by atoms with Gasteiger partial charge in [-0.05, 0) is 55.3 Å². The fraction of sp³-hybridized carbons (Fsp3) is 0.238. The second-order valence-electron chi connectivity index (χ2n) is 7.04. The normalized spacial score (nSPS) is 15.6. The van der Waals surface area contributed by atoms with Gasteiger partial charge in [-0.1, -0.05) is 29.8 Å². The molecule has 4 rings (SSSR count). The van der Waals surface area contributed by atoms with Crippen LogP contribution in [0.25, 0.3) is 10.9 Å². The molecule has 0 atom stereocenters. The van der Waals surface area contributed by atoms with Crippen molar-refractivity contribution in [1.82, 2.24) is 14.6 Å². The van der Waals surface area contributed by atoms with Gasteiger partial charge in [-0.3, -0.25) is 4.79 Å². The molecule has 1 fully saturated rings. The number of hydrogen-bond donors (Lipinski definition) is 1. The molecular weight excluding hydrogens is 410 g/mol. The highest BCUT2D eigenvalue weighted by atomic mass is 35.5. The monoisotopic (exact) mass is 429 g/mol. The Morgan fingerprint density at radius 3 is 2.48 bits per heavy atom. The molecule has 1 amide bonds. The van der Waals surface area contributed by atoms with Gasteiger partial charge < -0.3 is 4.90 Å². The topological polar surface area (TPSA) is 79.4 Å². The third-order valence-electron chi connectivity index (χ3n) is 5.06. The first-order valence-electron chi connectivity index (χ1n) is 9.35. The number of nitrogens with one attached hydrogen (secondary N) is 1. The number of aromatic nitrogens is 1. The van der Waals surface area contributed by atoms with Gasteiger partial charge in [0.15, 0.2) is 0 Å². The number of rotatable bonds is 4. The summed E-state index contributed by atoms with van der Waals surface area (Å²) < 4.78 is 27.7. The quantitative estimate of drug-likeness (QED) is 0.644. The minimum atomic E-state index is -3.55. The van der Waals surface area contributed by atoms with E-state index < -0.39 is 10.0 Å². The molecule has 2 aromatic carbocycles. The molecule has 1 saturated heterocycles. The molecule has 0 bridgehead atoms. The van der Waals surface area contributed by atoms with Crippen LogP contribution in [0.4, 0.5) is 0 Å². The highest BCUT2D eigenvalue weighted by Gasteiger charge is 2.27. The van der Waals surface area contributed by atoms with Crippen molar-refractivity contribution < 1.29 is 13.2 Å². The summed E-state index contributed by atoms with van der Waals surface area (Å²) in [5.41, 5.74) is 1.33. The maximum atomic E-state index is 12.9. The van der Waals surface area contributed by atoms with E-state index in [0.717, 1.165) is 10.9 Å². The van der Waals surface area contributed by atoms with E-state index in [4.69, 9.17) is 11.6 Å². The minimum absolute atomic E-state index is 0.0637. The second kappa shape index (κ2) is 8.10. The summed E-state index contributed by atoms with van der Waals surface area (Å²) in [5.74, 6) is -0.0637. The van der Waals surface area contributed by atoms with Crippen molar-refractivity contribution in [3.05, 3.63) is 71.4 Å². The fourth-order valence-electron chi connectivity index (χ4n) is 3.50. The molecule has 0 aliphatic carbocycles. The Morgan fingerprint density at radius 2 is 1.76 bits per heavy atom.